The second-order valence-electron chi connectivity index (χ2n) is 6.77. The number of hydrogen-bond donors (Lipinski definition) is 1. The fraction of sp³-hybridized carbons (Fsp3) is 0.500. The van der Waals surface area contributed by atoms with Crippen molar-refractivity contribution in [2.45, 2.75) is 45.6 Å². The molecule has 0 radical (unpaired) electrons. The maximum Gasteiger partial charge on any atom is 0.251 e. The van der Waals surface area contributed by atoms with Crippen molar-refractivity contribution in [2.24, 2.45) is 11.8 Å². The Morgan fingerprint density at radius 2 is 1.64 bits per heavy atom. The first-order valence-electron chi connectivity index (χ1n) is 8.17. The fourth-order valence-corrected chi connectivity index (χ4v) is 3.14. The molecule has 2 aromatic rings. The molecular formula is C18H21N3O. The van der Waals surface area contributed by atoms with Gasteiger partial charge in [-0.15, -0.1) is 0 Å². The highest BCUT2D eigenvalue weighted by Gasteiger charge is 2.42. The molecule has 0 bridgehead atoms. The third kappa shape index (κ3) is 2.58. The summed E-state index contributed by atoms with van der Waals surface area (Å²) < 4.78 is 0. The lowest BCUT2D eigenvalue weighted by Gasteiger charge is -2.17. The number of hydrogen-bond acceptors (Lipinski definition) is 3. The van der Waals surface area contributed by atoms with Crippen LogP contribution in [-0.4, -0.2) is 21.9 Å². The minimum absolute atomic E-state index is 0.0331. The van der Waals surface area contributed by atoms with E-state index in [1.54, 1.807) is 0 Å². The molecule has 0 spiro atoms. The normalized spacial score (nSPS) is 18.0. The summed E-state index contributed by atoms with van der Waals surface area (Å²) in [5.41, 5.74) is 4.19. The lowest BCUT2D eigenvalue weighted by Crippen LogP contribution is -2.38. The molecule has 0 saturated heterocycles. The minimum atomic E-state index is 0.0331. The fourth-order valence-electron chi connectivity index (χ4n) is 3.14. The van der Waals surface area contributed by atoms with E-state index in [-0.39, 0.29) is 5.91 Å². The Morgan fingerprint density at radius 3 is 2.23 bits per heavy atom. The Hall–Kier alpha value is -1.97. The standard InChI is InChI=1S/C18H21N3O/c1-10-11(2)20-16-9-14(7-8-15(16)19-10)18(22)21-17(12-3-4-12)13-5-6-13/h7-9,12-13,17H,3-6H2,1-2H3,(H,21,22). The van der Waals surface area contributed by atoms with E-state index in [2.05, 4.69) is 15.3 Å². The zero-order valence-corrected chi connectivity index (χ0v) is 13.1. The Labute approximate surface area is 130 Å². The first-order chi connectivity index (χ1) is 10.6. The topological polar surface area (TPSA) is 54.9 Å². The van der Waals surface area contributed by atoms with Gasteiger partial charge in [0, 0.05) is 11.6 Å². The number of rotatable bonds is 4. The molecule has 4 heteroatoms. The Kier molecular flexibility index (Phi) is 3.13. The lowest BCUT2D eigenvalue weighted by molar-refractivity contribution is 0.0926. The Balaban J connectivity index is 1.59. The van der Waals surface area contributed by atoms with E-state index in [0.29, 0.717) is 23.4 Å². The van der Waals surface area contributed by atoms with Crippen molar-refractivity contribution in [2.75, 3.05) is 0 Å². The van der Waals surface area contributed by atoms with Crippen LogP contribution in [0.1, 0.15) is 47.4 Å². The van der Waals surface area contributed by atoms with Crippen LogP contribution in [0.5, 0.6) is 0 Å². The van der Waals surface area contributed by atoms with Gasteiger partial charge in [0.15, 0.2) is 0 Å². The molecular weight excluding hydrogens is 274 g/mol. The second kappa shape index (κ2) is 5.04. The van der Waals surface area contributed by atoms with Gasteiger partial charge in [-0.3, -0.25) is 4.79 Å². The van der Waals surface area contributed by atoms with Crippen LogP contribution in [0.15, 0.2) is 18.2 Å². The number of carbonyl (C=O) groups excluding carboxylic acids is 1. The molecule has 1 aromatic heterocycles. The zero-order valence-electron chi connectivity index (χ0n) is 13.1. The van der Waals surface area contributed by atoms with Crippen LogP contribution in [-0.2, 0) is 0 Å². The molecule has 0 unspecified atom stereocenters. The number of amides is 1. The maximum absolute atomic E-state index is 12.6. The molecule has 2 fully saturated rings. The smallest absolute Gasteiger partial charge is 0.251 e. The van der Waals surface area contributed by atoms with Crippen LogP contribution >= 0.6 is 0 Å². The van der Waals surface area contributed by atoms with E-state index in [0.717, 1.165) is 22.4 Å². The maximum atomic E-state index is 12.6. The van der Waals surface area contributed by atoms with E-state index in [1.165, 1.54) is 25.7 Å². The summed E-state index contributed by atoms with van der Waals surface area (Å²) in [5, 5.41) is 3.26. The Morgan fingerprint density at radius 1 is 1.05 bits per heavy atom. The first-order valence-corrected chi connectivity index (χ1v) is 8.17. The summed E-state index contributed by atoms with van der Waals surface area (Å²) in [7, 11) is 0. The quantitative estimate of drug-likeness (QED) is 0.942. The molecule has 114 valence electrons. The van der Waals surface area contributed by atoms with Gasteiger partial charge in [-0.2, -0.15) is 0 Å². The highest BCUT2D eigenvalue weighted by molar-refractivity contribution is 5.97. The molecule has 0 aliphatic heterocycles. The van der Waals surface area contributed by atoms with Gasteiger partial charge in [0.25, 0.3) is 5.91 Å². The van der Waals surface area contributed by atoms with Crippen LogP contribution in [0.2, 0.25) is 0 Å². The molecule has 1 heterocycles. The largest absolute Gasteiger partial charge is 0.349 e. The molecule has 4 nitrogen and oxygen atoms in total. The van der Waals surface area contributed by atoms with Crippen molar-refractivity contribution in [1.82, 2.24) is 15.3 Å². The molecule has 22 heavy (non-hydrogen) atoms. The van der Waals surface area contributed by atoms with E-state index >= 15 is 0 Å². The number of nitrogens with zero attached hydrogens (tertiary/aromatic N) is 2. The van der Waals surface area contributed by atoms with Crippen molar-refractivity contribution < 1.29 is 4.79 Å². The van der Waals surface area contributed by atoms with E-state index in [4.69, 9.17) is 0 Å². The van der Waals surface area contributed by atoms with Gasteiger partial charge in [-0.05, 0) is 69.6 Å². The average Bonchev–Trinajstić information content (AvgIpc) is 3.38. The highest BCUT2D eigenvalue weighted by Crippen LogP contribution is 2.44. The predicted octanol–water partition coefficient (Wildman–Crippen LogP) is 3.17. The van der Waals surface area contributed by atoms with Crippen molar-refractivity contribution >= 4 is 16.9 Å². The van der Waals surface area contributed by atoms with E-state index in [9.17, 15) is 4.79 Å². The van der Waals surface area contributed by atoms with Crippen molar-refractivity contribution in [1.29, 1.82) is 0 Å². The second-order valence-corrected chi connectivity index (χ2v) is 6.77. The van der Waals surface area contributed by atoms with Crippen molar-refractivity contribution in [3.63, 3.8) is 0 Å². The summed E-state index contributed by atoms with van der Waals surface area (Å²) in [4.78, 5) is 21.6. The molecule has 4 rings (SSSR count). The van der Waals surface area contributed by atoms with Crippen LogP contribution in [0.25, 0.3) is 11.0 Å². The summed E-state index contributed by atoms with van der Waals surface area (Å²) in [6.07, 6.45) is 5.07. The van der Waals surface area contributed by atoms with Gasteiger partial charge in [0.2, 0.25) is 0 Å². The summed E-state index contributed by atoms with van der Waals surface area (Å²) in [5.74, 6) is 1.45. The SMILES string of the molecule is Cc1nc2ccc(C(=O)NC(C3CC3)C3CC3)cc2nc1C. The minimum Gasteiger partial charge on any atom is -0.349 e. The highest BCUT2D eigenvalue weighted by atomic mass is 16.1. The van der Waals surface area contributed by atoms with Crippen LogP contribution in [0.4, 0.5) is 0 Å². The van der Waals surface area contributed by atoms with Gasteiger partial charge in [-0.1, -0.05) is 0 Å². The third-order valence-electron chi connectivity index (χ3n) is 4.90. The lowest BCUT2D eigenvalue weighted by atomic mass is 10.1. The van der Waals surface area contributed by atoms with Gasteiger partial charge >= 0.3 is 0 Å². The van der Waals surface area contributed by atoms with Crippen molar-refractivity contribution in [3.05, 3.63) is 35.2 Å². The van der Waals surface area contributed by atoms with Gasteiger partial charge in [0.05, 0.1) is 22.4 Å². The van der Waals surface area contributed by atoms with Gasteiger partial charge in [0.1, 0.15) is 0 Å². The average molecular weight is 295 g/mol. The monoisotopic (exact) mass is 295 g/mol. The Bertz CT molecular complexity index is 735. The van der Waals surface area contributed by atoms with Crippen LogP contribution in [0.3, 0.4) is 0 Å². The number of aromatic nitrogens is 2. The zero-order chi connectivity index (χ0) is 15.3. The van der Waals surface area contributed by atoms with Crippen molar-refractivity contribution in [3.8, 4) is 0 Å². The number of fused-ring (bicyclic) bond motifs is 1. The summed E-state index contributed by atoms with van der Waals surface area (Å²) in [6, 6.07) is 6.00. The van der Waals surface area contributed by atoms with E-state index in [1.807, 2.05) is 32.0 Å². The molecule has 0 atom stereocenters. The molecule has 1 amide bonds. The van der Waals surface area contributed by atoms with E-state index < -0.39 is 0 Å². The molecule has 2 aliphatic rings. The molecule has 1 N–H and O–H groups in total. The number of benzene rings is 1. The summed E-state index contributed by atoms with van der Waals surface area (Å²) in [6.45, 7) is 3.91. The van der Waals surface area contributed by atoms with Gasteiger partial charge < -0.3 is 5.32 Å². The number of aryl methyl sites for hydroxylation is 2. The molecule has 2 aliphatic carbocycles. The third-order valence-corrected chi connectivity index (χ3v) is 4.90. The van der Waals surface area contributed by atoms with Crippen LogP contribution in [0, 0.1) is 25.7 Å². The molecule has 1 aromatic carbocycles. The number of nitrogens with one attached hydrogen (secondary N) is 1. The number of carbonyl (C=O) groups is 1. The summed E-state index contributed by atoms with van der Waals surface area (Å²) >= 11 is 0. The first kappa shape index (κ1) is 13.7. The van der Waals surface area contributed by atoms with Gasteiger partial charge in [-0.25, -0.2) is 9.97 Å². The predicted molar refractivity (Wildman–Crippen MR) is 85.7 cm³/mol. The van der Waals surface area contributed by atoms with Crippen LogP contribution < -0.4 is 5.32 Å². The molecule has 2 saturated carbocycles.